The zero-order valence-electron chi connectivity index (χ0n) is 19.0. The molecule has 5 rings (SSSR count). The van der Waals surface area contributed by atoms with Crippen molar-refractivity contribution in [1.29, 1.82) is 0 Å². The Labute approximate surface area is 198 Å². The molecule has 0 radical (unpaired) electrons. The number of fused-ring (bicyclic) bond motifs is 1. The van der Waals surface area contributed by atoms with Gasteiger partial charge in [0, 0.05) is 34.5 Å². The topological polar surface area (TPSA) is 64.6 Å². The Morgan fingerprint density at radius 2 is 1.94 bits per heavy atom. The SMILES string of the molecule is COc1cccc(C2C(C(=O)OC3CCCC3)=C(C)NC3=CC(c4cccs4)CC(=O)C32)c1. The summed E-state index contributed by atoms with van der Waals surface area (Å²) in [6.07, 6.45) is 6.56. The number of hydrogen-bond donors (Lipinski definition) is 1. The number of hydrogen-bond acceptors (Lipinski definition) is 6. The minimum atomic E-state index is -0.442. The molecule has 1 aromatic carbocycles. The highest BCUT2D eigenvalue weighted by molar-refractivity contribution is 7.10. The highest BCUT2D eigenvalue weighted by atomic mass is 32.1. The summed E-state index contributed by atoms with van der Waals surface area (Å²) in [4.78, 5) is 28.2. The molecule has 0 saturated heterocycles. The predicted octanol–water partition coefficient (Wildman–Crippen LogP) is 5.46. The molecule has 0 bridgehead atoms. The van der Waals surface area contributed by atoms with Crippen LogP contribution in [0.15, 0.2) is 64.8 Å². The lowest BCUT2D eigenvalue weighted by Crippen LogP contribution is -2.42. The van der Waals surface area contributed by atoms with Crippen molar-refractivity contribution in [1.82, 2.24) is 5.32 Å². The number of Topliss-reactive ketones (excluding diaryl/α,β-unsaturated/α-hetero) is 1. The summed E-state index contributed by atoms with van der Waals surface area (Å²) in [5.74, 6) is -0.252. The minimum absolute atomic E-state index is 0.0361. The molecule has 3 unspecified atom stereocenters. The Balaban J connectivity index is 1.58. The van der Waals surface area contributed by atoms with Gasteiger partial charge in [-0.05, 0) is 61.7 Å². The first-order valence-corrected chi connectivity index (χ1v) is 12.5. The number of methoxy groups -OCH3 is 1. The molecule has 172 valence electrons. The van der Waals surface area contributed by atoms with Crippen LogP contribution in [0.4, 0.5) is 0 Å². The quantitative estimate of drug-likeness (QED) is 0.597. The predicted molar refractivity (Wildman–Crippen MR) is 128 cm³/mol. The molecule has 2 aliphatic carbocycles. The normalized spacial score (nSPS) is 25.3. The van der Waals surface area contributed by atoms with Crippen molar-refractivity contribution in [2.24, 2.45) is 5.92 Å². The van der Waals surface area contributed by atoms with E-state index in [0.29, 0.717) is 17.7 Å². The van der Waals surface area contributed by atoms with Crippen LogP contribution in [0, 0.1) is 5.92 Å². The number of carbonyl (C=O) groups excluding carboxylic acids is 2. The van der Waals surface area contributed by atoms with Crippen LogP contribution in [0.2, 0.25) is 0 Å². The maximum Gasteiger partial charge on any atom is 0.336 e. The first-order chi connectivity index (χ1) is 16.0. The molecule has 5 nitrogen and oxygen atoms in total. The van der Waals surface area contributed by atoms with E-state index >= 15 is 0 Å². The van der Waals surface area contributed by atoms with Crippen LogP contribution in [0.5, 0.6) is 5.75 Å². The van der Waals surface area contributed by atoms with Gasteiger partial charge in [0.1, 0.15) is 17.6 Å². The number of allylic oxidation sites excluding steroid dienone is 3. The zero-order valence-corrected chi connectivity index (χ0v) is 19.8. The molecule has 1 aromatic heterocycles. The average Bonchev–Trinajstić information content (AvgIpc) is 3.52. The average molecular weight is 464 g/mol. The molecule has 1 N–H and O–H groups in total. The van der Waals surface area contributed by atoms with E-state index in [9.17, 15) is 9.59 Å². The fourth-order valence-corrected chi connectivity index (χ4v) is 6.24. The molecule has 1 fully saturated rings. The molecule has 0 amide bonds. The van der Waals surface area contributed by atoms with Crippen molar-refractivity contribution in [2.45, 2.75) is 57.0 Å². The summed E-state index contributed by atoms with van der Waals surface area (Å²) in [5, 5.41) is 5.46. The van der Waals surface area contributed by atoms with Gasteiger partial charge >= 0.3 is 5.97 Å². The maximum atomic E-state index is 13.6. The molecule has 1 saturated carbocycles. The van der Waals surface area contributed by atoms with Gasteiger partial charge in [-0.3, -0.25) is 4.79 Å². The number of rotatable bonds is 5. The number of ether oxygens (including phenoxy) is 2. The van der Waals surface area contributed by atoms with Crippen LogP contribution in [-0.2, 0) is 14.3 Å². The molecular formula is C27H29NO4S. The lowest BCUT2D eigenvalue weighted by atomic mass is 9.69. The lowest BCUT2D eigenvalue weighted by molar-refractivity contribution is -0.144. The van der Waals surface area contributed by atoms with Gasteiger partial charge in [-0.25, -0.2) is 4.79 Å². The highest BCUT2D eigenvalue weighted by Gasteiger charge is 2.45. The van der Waals surface area contributed by atoms with Gasteiger partial charge in [-0.1, -0.05) is 24.3 Å². The number of carbonyl (C=O) groups is 2. The second kappa shape index (κ2) is 9.18. The maximum absolute atomic E-state index is 13.6. The van der Waals surface area contributed by atoms with Gasteiger partial charge in [-0.2, -0.15) is 0 Å². The van der Waals surface area contributed by atoms with Crippen molar-refractivity contribution in [3.05, 3.63) is 75.3 Å². The van der Waals surface area contributed by atoms with Crippen molar-refractivity contribution in [3.8, 4) is 5.75 Å². The molecule has 2 heterocycles. The number of nitrogens with one attached hydrogen (secondary N) is 1. The largest absolute Gasteiger partial charge is 0.497 e. The van der Waals surface area contributed by atoms with Crippen LogP contribution in [-0.4, -0.2) is 25.0 Å². The van der Waals surface area contributed by atoms with E-state index in [1.807, 2.05) is 42.6 Å². The summed E-state index contributed by atoms with van der Waals surface area (Å²) in [7, 11) is 1.63. The molecule has 0 spiro atoms. The highest BCUT2D eigenvalue weighted by Crippen LogP contribution is 2.47. The van der Waals surface area contributed by atoms with E-state index in [2.05, 4.69) is 17.5 Å². The van der Waals surface area contributed by atoms with E-state index < -0.39 is 11.8 Å². The van der Waals surface area contributed by atoms with Crippen LogP contribution in [0.3, 0.4) is 0 Å². The fourth-order valence-electron chi connectivity index (χ4n) is 5.45. The van der Waals surface area contributed by atoms with Crippen LogP contribution in [0.1, 0.15) is 61.3 Å². The van der Waals surface area contributed by atoms with Crippen LogP contribution < -0.4 is 10.1 Å². The van der Waals surface area contributed by atoms with Crippen LogP contribution >= 0.6 is 11.3 Å². The second-order valence-electron chi connectivity index (χ2n) is 9.12. The lowest BCUT2D eigenvalue weighted by Gasteiger charge is -2.39. The number of esters is 1. The Hall–Kier alpha value is -2.86. The van der Waals surface area contributed by atoms with Crippen molar-refractivity contribution < 1.29 is 19.1 Å². The first kappa shape index (κ1) is 22.0. The van der Waals surface area contributed by atoms with E-state index in [4.69, 9.17) is 9.47 Å². The molecule has 2 aromatic rings. The molecule has 33 heavy (non-hydrogen) atoms. The monoisotopic (exact) mass is 463 g/mol. The number of thiophene rings is 1. The molecule has 3 atom stereocenters. The van der Waals surface area contributed by atoms with Crippen molar-refractivity contribution >= 4 is 23.1 Å². The summed E-state index contributed by atoms with van der Waals surface area (Å²) in [5.41, 5.74) is 3.09. The molecule has 1 aliphatic heterocycles. The summed E-state index contributed by atoms with van der Waals surface area (Å²) < 4.78 is 11.4. The smallest absolute Gasteiger partial charge is 0.336 e. The van der Waals surface area contributed by atoms with Crippen molar-refractivity contribution in [2.75, 3.05) is 7.11 Å². The molecule has 3 aliphatic rings. The molecule has 6 heteroatoms. The van der Waals surface area contributed by atoms with Crippen molar-refractivity contribution in [3.63, 3.8) is 0 Å². The summed E-state index contributed by atoms with van der Waals surface area (Å²) in [6, 6.07) is 11.8. The number of benzene rings is 1. The molecular weight excluding hydrogens is 434 g/mol. The number of ketones is 1. The Bertz CT molecular complexity index is 1110. The van der Waals surface area contributed by atoms with Gasteiger partial charge in [0.2, 0.25) is 0 Å². The van der Waals surface area contributed by atoms with Gasteiger partial charge in [-0.15, -0.1) is 11.3 Å². The standard InChI is InChI=1S/C27H29NO4S/c1-16-24(27(30)32-19-8-3-4-9-19)25(17-7-5-10-20(13-17)31-2)26-21(28-16)14-18(15-22(26)29)23-11-6-12-33-23/h5-7,10-14,18-19,25-26,28H,3-4,8-9,15H2,1-2H3. The van der Waals surface area contributed by atoms with E-state index in [1.165, 1.54) is 4.88 Å². The first-order valence-electron chi connectivity index (χ1n) is 11.7. The third kappa shape index (κ3) is 4.24. The van der Waals surface area contributed by atoms with E-state index in [1.54, 1.807) is 18.4 Å². The van der Waals surface area contributed by atoms with Gasteiger partial charge in [0.05, 0.1) is 18.6 Å². The Kier molecular flexibility index (Phi) is 6.11. The minimum Gasteiger partial charge on any atom is -0.497 e. The Morgan fingerprint density at radius 3 is 2.67 bits per heavy atom. The van der Waals surface area contributed by atoms with E-state index in [0.717, 1.165) is 42.6 Å². The van der Waals surface area contributed by atoms with E-state index in [-0.39, 0.29) is 23.8 Å². The third-order valence-corrected chi connectivity index (χ3v) is 8.03. The third-order valence-electron chi connectivity index (χ3n) is 7.02. The Morgan fingerprint density at radius 1 is 1.12 bits per heavy atom. The van der Waals surface area contributed by atoms with Gasteiger partial charge < -0.3 is 14.8 Å². The summed E-state index contributed by atoms with van der Waals surface area (Å²) in [6.45, 7) is 1.91. The van der Waals surface area contributed by atoms with Gasteiger partial charge in [0.15, 0.2) is 0 Å². The van der Waals surface area contributed by atoms with Crippen LogP contribution in [0.25, 0.3) is 0 Å². The zero-order chi connectivity index (χ0) is 22.9. The summed E-state index contributed by atoms with van der Waals surface area (Å²) >= 11 is 1.67. The second-order valence-corrected chi connectivity index (χ2v) is 10.1. The van der Waals surface area contributed by atoms with Gasteiger partial charge in [0.25, 0.3) is 0 Å². The fraction of sp³-hybridized carbons (Fsp3) is 0.407.